The predicted molar refractivity (Wildman–Crippen MR) is 61.9 cm³/mol. The summed E-state index contributed by atoms with van der Waals surface area (Å²) in [6.45, 7) is 0. The van der Waals surface area contributed by atoms with Gasteiger partial charge in [-0.15, -0.1) is 0 Å². The van der Waals surface area contributed by atoms with Gasteiger partial charge < -0.3 is 5.11 Å². The molecule has 1 aromatic rings. The summed E-state index contributed by atoms with van der Waals surface area (Å²) in [4.78, 5) is 11.2. The third-order valence-corrected chi connectivity index (χ3v) is 4.04. The summed E-state index contributed by atoms with van der Waals surface area (Å²) in [6.07, 6.45) is 3.24. The van der Waals surface area contributed by atoms with Crippen LogP contribution >= 0.6 is 11.6 Å². The average molecular weight is 237 g/mol. The summed E-state index contributed by atoms with van der Waals surface area (Å²) >= 11 is 5.99. The van der Waals surface area contributed by atoms with Crippen LogP contribution in [0.4, 0.5) is 0 Å². The van der Waals surface area contributed by atoms with E-state index in [0.717, 1.165) is 17.0 Å². The van der Waals surface area contributed by atoms with Gasteiger partial charge in [-0.3, -0.25) is 4.79 Å². The Bertz CT molecular complexity index is 451. The average Bonchev–Trinajstić information content (AvgIpc) is 3.00. The van der Waals surface area contributed by atoms with E-state index in [2.05, 4.69) is 0 Å². The molecule has 3 rings (SSSR count). The first-order valence-electron chi connectivity index (χ1n) is 5.69. The van der Waals surface area contributed by atoms with Crippen LogP contribution in [0.3, 0.4) is 0 Å². The van der Waals surface area contributed by atoms with Crippen molar-refractivity contribution in [1.82, 2.24) is 0 Å². The molecule has 2 aliphatic rings. The number of aliphatic carboxylic acids is 1. The highest BCUT2D eigenvalue weighted by Crippen LogP contribution is 2.53. The number of carboxylic acid groups (broad SMARTS) is 1. The summed E-state index contributed by atoms with van der Waals surface area (Å²) in [7, 11) is 0. The first-order valence-corrected chi connectivity index (χ1v) is 6.07. The summed E-state index contributed by atoms with van der Waals surface area (Å²) < 4.78 is 0. The van der Waals surface area contributed by atoms with Crippen LogP contribution in [0, 0.1) is 5.92 Å². The fraction of sp³-hybridized carbons (Fsp3) is 0.462. The highest BCUT2D eigenvalue weighted by molar-refractivity contribution is 6.30. The summed E-state index contributed by atoms with van der Waals surface area (Å²) in [5.41, 5.74) is 2.16. The summed E-state index contributed by atoms with van der Waals surface area (Å²) in [6, 6.07) is 5.65. The van der Waals surface area contributed by atoms with Crippen molar-refractivity contribution in [1.29, 1.82) is 0 Å². The minimum absolute atomic E-state index is 0.321. The van der Waals surface area contributed by atoms with Gasteiger partial charge in [-0.25, -0.2) is 0 Å². The van der Waals surface area contributed by atoms with E-state index in [1.165, 1.54) is 18.4 Å². The smallest absolute Gasteiger partial charge is 0.311 e. The molecule has 1 saturated carbocycles. The first-order chi connectivity index (χ1) is 7.66. The molecule has 0 heterocycles. The number of benzene rings is 1. The molecule has 1 fully saturated rings. The van der Waals surface area contributed by atoms with Crippen LogP contribution < -0.4 is 0 Å². The minimum atomic E-state index is -0.702. The van der Waals surface area contributed by atoms with Crippen molar-refractivity contribution in [3.05, 3.63) is 34.3 Å². The van der Waals surface area contributed by atoms with Gasteiger partial charge in [0, 0.05) is 5.02 Å². The van der Waals surface area contributed by atoms with Crippen molar-refractivity contribution in [2.24, 2.45) is 5.92 Å². The molecule has 0 spiro atoms. The molecular formula is C13H13ClO2. The second-order valence-electron chi connectivity index (χ2n) is 4.84. The van der Waals surface area contributed by atoms with Crippen LogP contribution in [0.25, 0.3) is 0 Å². The highest BCUT2D eigenvalue weighted by atomic mass is 35.5. The largest absolute Gasteiger partial charge is 0.481 e. The molecule has 0 radical (unpaired) electrons. The Morgan fingerprint density at radius 3 is 2.69 bits per heavy atom. The Hall–Kier alpha value is -1.02. The Balaban J connectivity index is 2.05. The number of halogens is 1. The van der Waals surface area contributed by atoms with Crippen LogP contribution in [0.1, 0.15) is 42.2 Å². The molecule has 84 valence electrons. The van der Waals surface area contributed by atoms with Gasteiger partial charge in [0.2, 0.25) is 0 Å². The minimum Gasteiger partial charge on any atom is -0.481 e. The molecule has 0 aromatic heterocycles. The first kappa shape index (κ1) is 10.2. The Morgan fingerprint density at radius 2 is 2.06 bits per heavy atom. The lowest BCUT2D eigenvalue weighted by atomic mass is 9.96. The van der Waals surface area contributed by atoms with Crippen molar-refractivity contribution in [2.75, 3.05) is 0 Å². The maximum atomic E-state index is 11.2. The van der Waals surface area contributed by atoms with E-state index in [4.69, 9.17) is 11.6 Å². The highest BCUT2D eigenvalue weighted by Gasteiger charge is 2.42. The van der Waals surface area contributed by atoms with Gasteiger partial charge in [0.05, 0.1) is 5.92 Å². The molecule has 2 unspecified atom stereocenters. The van der Waals surface area contributed by atoms with Gasteiger partial charge in [-0.2, -0.15) is 0 Å². The lowest BCUT2D eigenvalue weighted by Gasteiger charge is -2.09. The van der Waals surface area contributed by atoms with Gasteiger partial charge in [-0.1, -0.05) is 17.7 Å². The lowest BCUT2D eigenvalue weighted by molar-refractivity contribution is -0.138. The second-order valence-corrected chi connectivity index (χ2v) is 5.28. The van der Waals surface area contributed by atoms with Crippen LogP contribution in [-0.2, 0) is 4.79 Å². The Morgan fingerprint density at radius 1 is 1.31 bits per heavy atom. The number of carbonyl (C=O) groups is 1. The van der Waals surface area contributed by atoms with Gasteiger partial charge in [0.25, 0.3) is 0 Å². The van der Waals surface area contributed by atoms with E-state index in [-0.39, 0.29) is 5.92 Å². The molecular weight excluding hydrogens is 224 g/mol. The number of fused-ring (bicyclic) bond motifs is 1. The monoisotopic (exact) mass is 236 g/mol. The second kappa shape index (κ2) is 3.49. The molecule has 1 N–H and O–H groups in total. The number of hydrogen-bond acceptors (Lipinski definition) is 1. The Labute approximate surface area is 99.2 Å². The van der Waals surface area contributed by atoms with Crippen molar-refractivity contribution in [3.8, 4) is 0 Å². The SMILES string of the molecule is O=C(O)C1CC(C2CC2)c2cc(Cl)ccc21. The van der Waals surface area contributed by atoms with Crippen molar-refractivity contribution in [3.63, 3.8) is 0 Å². The molecule has 0 saturated heterocycles. The van der Waals surface area contributed by atoms with E-state index in [0.29, 0.717) is 11.8 Å². The standard InChI is InChI=1S/C13H13ClO2/c14-8-3-4-9-11(5-8)10(7-1-2-7)6-12(9)13(15)16/h3-5,7,10,12H,1-2,6H2,(H,15,16). The maximum Gasteiger partial charge on any atom is 0.311 e. The fourth-order valence-electron chi connectivity index (χ4n) is 2.87. The quantitative estimate of drug-likeness (QED) is 0.855. The zero-order chi connectivity index (χ0) is 11.3. The molecule has 16 heavy (non-hydrogen) atoms. The van der Waals surface area contributed by atoms with Crippen molar-refractivity contribution in [2.45, 2.75) is 31.1 Å². The normalized spacial score (nSPS) is 27.8. The van der Waals surface area contributed by atoms with Crippen molar-refractivity contribution >= 4 is 17.6 Å². The Kier molecular flexibility index (Phi) is 2.21. The van der Waals surface area contributed by atoms with Crippen LogP contribution in [0.15, 0.2) is 18.2 Å². The molecule has 1 aromatic carbocycles. The van der Waals surface area contributed by atoms with E-state index in [9.17, 15) is 9.90 Å². The maximum absolute atomic E-state index is 11.2. The zero-order valence-corrected chi connectivity index (χ0v) is 9.57. The molecule has 2 atom stereocenters. The van der Waals surface area contributed by atoms with Crippen molar-refractivity contribution < 1.29 is 9.90 Å². The third kappa shape index (κ3) is 1.52. The number of rotatable bonds is 2. The summed E-state index contributed by atoms with van der Waals surface area (Å²) in [5.74, 6) is 0.0981. The summed E-state index contributed by atoms with van der Waals surface area (Å²) in [5, 5.41) is 9.93. The van der Waals surface area contributed by atoms with E-state index in [1.807, 2.05) is 12.1 Å². The van der Waals surface area contributed by atoms with E-state index >= 15 is 0 Å². The van der Waals surface area contributed by atoms with Gasteiger partial charge in [0.1, 0.15) is 0 Å². The number of hydrogen-bond donors (Lipinski definition) is 1. The van der Waals surface area contributed by atoms with Crippen LogP contribution in [-0.4, -0.2) is 11.1 Å². The molecule has 2 nitrogen and oxygen atoms in total. The van der Waals surface area contributed by atoms with E-state index < -0.39 is 5.97 Å². The van der Waals surface area contributed by atoms with Crippen LogP contribution in [0.2, 0.25) is 5.02 Å². The molecule has 3 heteroatoms. The van der Waals surface area contributed by atoms with Gasteiger partial charge in [-0.05, 0) is 54.4 Å². The third-order valence-electron chi connectivity index (χ3n) is 3.80. The number of carboxylic acids is 1. The topological polar surface area (TPSA) is 37.3 Å². The lowest BCUT2D eigenvalue weighted by Crippen LogP contribution is -2.08. The van der Waals surface area contributed by atoms with E-state index in [1.54, 1.807) is 6.07 Å². The van der Waals surface area contributed by atoms with Crippen LogP contribution in [0.5, 0.6) is 0 Å². The molecule has 0 bridgehead atoms. The molecule has 0 amide bonds. The molecule has 0 aliphatic heterocycles. The molecule has 2 aliphatic carbocycles. The van der Waals surface area contributed by atoms with Gasteiger partial charge in [0.15, 0.2) is 0 Å². The fourth-order valence-corrected chi connectivity index (χ4v) is 3.05. The predicted octanol–water partition coefficient (Wildman–Crippen LogP) is 3.41. The zero-order valence-electron chi connectivity index (χ0n) is 8.82. The van der Waals surface area contributed by atoms with Gasteiger partial charge >= 0.3 is 5.97 Å².